The van der Waals surface area contributed by atoms with Gasteiger partial charge in [-0.1, -0.05) is 11.8 Å². The fraction of sp³-hybridized carbons (Fsp3) is 0.364. The zero-order valence-electron chi connectivity index (χ0n) is 18.1. The molecule has 0 aliphatic carbocycles. The van der Waals surface area contributed by atoms with Crippen molar-refractivity contribution in [2.24, 2.45) is 0 Å². The van der Waals surface area contributed by atoms with Gasteiger partial charge in [0.05, 0.1) is 29.8 Å². The van der Waals surface area contributed by atoms with Gasteiger partial charge in [0.1, 0.15) is 22.2 Å². The second kappa shape index (κ2) is 9.65. The average molecular weight is 460 g/mol. The first kappa shape index (κ1) is 23.0. The van der Waals surface area contributed by atoms with Crippen LogP contribution >= 0.6 is 23.1 Å². The number of alkyl carbamates (subject to hydrolysis) is 1. The smallest absolute Gasteiger partial charge is 0.407 e. The largest absolute Gasteiger partial charge is 0.497 e. The molecule has 0 aliphatic heterocycles. The van der Waals surface area contributed by atoms with Crippen molar-refractivity contribution in [2.75, 3.05) is 12.9 Å². The van der Waals surface area contributed by atoms with Gasteiger partial charge in [-0.2, -0.15) is 0 Å². The quantitative estimate of drug-likeness (QED) is 0.302. The summed E-state index contributed by atoms with van der Waals surface area (Å²) >= 11 is 2.74. The van der Waals surface area contributed by atoms with Gasteiger partial charge in [0.2, 0.25) is 0 Å². The van der Waals surface area contributed by atoms with Crippen LogP contribution in [-0.2, 0) is 11.3 Å². The molecule has 2 heterocycles. The number of rotatable bonds is 7. The Morgan fingerprint density at radius 2 is 1.94 bits per heavy atom. The molecule has 3 aromatic rings. The highest BCUT2D eigenvalue weighted by molar-refractivity contribution is 8.00. The van der Waals surface area contributed by atoms with E-state index in [1.54, 1.807) is 13.2 Å². The maximum atomic E-state index is 12.7. The molecule has 164 valence electrons. The number of ketones is 1. The van der Waals surface area contributed by atoms with E-state index in [-0.39, 0.29) is 11.5 Å². The molecule has 0 saturated carbocycles. The number of ether oxygens (including phenoxy) is 2. The lowest BCUT2D eigenvalue weighted by atomic mass is 10.2. The summed E-state index contributed by atoms with van der Waals surface area (Å²) in [7, 11) is 1.61. The zero-order chi connectivity index (χ0) is 22.6. The molecule has 0 atom stereocenters. The third-order valence-electron chi connectivity index (χ3n) is 4.06. The number of thioether (sulfide) groups is 1. The monoisotopic (exact) mass is 459 g/mol. The summed E-state index contributed by atoms with van der Waals surface area (Å²) in [6, 6.07) is 9.25. The van der Waals surface area contributed by atoms with Crippen molar-refractivity contribution in [3.05, 3.63) is 45.9 Å². The Balaban J connectivity index is 1.63. The molecule has 0 unspecified atom stereocenters. The first-order valence-electron chi connectivity index (χ1n) is 9.68. The Morgan fingerprint density at radius 3 is 2.65 bits per heavy atom. The van der Waals surface area contributed by atoms with Crippen LogP contribution in [0, 0.1) is 6.92 Å². The van der Waals surface area contributed by atoms with E-state index in [2.05, 4.69) is 15.3 Å². The van der Waals surface area contributed by atoms with E-state index in [1.807, 2.05) is 52.0 Å². The molecule has 31 heavy (non-hydrogen) atoms. The molecule has 7 nitrogen and oxygen atoms in total. The summed E-state index contributed by atoms with van der Waals surface area (Å²) in [6.07, 6.45) is -0.481. The number of benzene rings is 1. The molecule has 0 radical (unpaired) electrons. The number of carbonyl (C=O) groups is 2. The number of aromatic nitrogens is 2. The minimum absolute atomic E-state index is 0.00540. The topological polar surface area (TPSA) is 90.4 Å². The van der Waals surface area contributed by atoms with Crippen LogP contribution in [0.1, 0.15) is 41.1 Å². The minimum Gasteiger partial charge on any atom is -0.497 e. The molecule has 0 spiro atoms. The number of methoxy groups -OCH3 is 1. The lowest BCUT2D eigenvalue weighted by Crippen LogP contribution is -2.31. The van der Waals surface area contributed by atoms with Crippen molar-refractivity contribution in [3.63, 3.8) is 0 Å². The van der Waals surface area contributed by atoms with E-state index in [1.165, 1.54) is 23.1 Å². The minimum atomic E-state index is -0.550. The highest BCUT2D eigenvalue weighted by atomic mass is 32.2. The fourth-order valence-electron chi connectivity index (χ4n) is 2.73. The molecule has 0 fully saturated rings. The van der Waals surface area contributed by atoms with E-state index in [9.17, 15) is 9.59 Å². The van der Waals surface area contributed by atoms with Gasteiger partial charge in [0, 0.05) is 10.3 Å². The number of fused-ring (bicyclic) bond motifs is 1. The second-order valence-electron chi connectivity index (χ2n) is 7.79. The van der Waals surface area contributed by atoms with Gasteiger partial charge in [0.25, 0.3) is 0 Å². The number of carbonyl (C=O) groups excluding carboxylic acids is 2. The van der Waals surface area contributed by atoms with Gasteiger partial charge in [-0.25, -0.2) is 14.8 Å². The Labute approximate surface area is 189 Å². The van der Waals surface area contributed by atoms with Gasteiger partial charge in [-0.15, -0.1) is 11.3 Å². The lowest BCUT2D eigenvalue weighted by Gasteiger charge is -2.19. The average Bonchev–Trinajstić information content (AvgIpc) is 3.18. The summed E-state index contributed by atoms with van der Waals surface area (Å²) in [5, 5.41) is 4.31. The summed E-state index contributed by atoms with van der Waals surface area (Å²) in [6.45, 7) is 7.58. The van der Waals surface area contributed by atoms with Crippen molar-refractivity contribution in [1.82, 2.24) is 15.3 Å². The summed E-state index contributed by atoms with van der Waals surface area (Å²) < 4.78 is 10.5. The summed E-state index contributed by atoms with van der Waals surface area (Å²) in [5.41, 5.74) is 0.265. The highest BCUT2D eigenvalue weighted by Gasteiger charge is 2.17. The number of thiophene rings is 1. The maximum absolute atomic E-state index is 12.7. The van der Waals surface area contributed by atoms with Gasteiger partial charge in [-0.05, 0) is 58.0 Å². The Kier molecular flexibility index (Phi) is 7.17. The molecule has 9 heteroatoms. The molecule has 3 rings (SSSR count). The SMILES string of the molecule is COc1ccc2nc(C)nc(SCC(=O)c3ccc(CNC(=O)OC(C)(C)C)s3)c2c1. The van der Waals surface area contributed by atoms with Crippen LogP contribution in [0.5, 0.6) is 5.75 Å². The number of nitrogens with one attached hydrogen (secondary N) is 1. The maximum Gasteiger partial charge on any atom is 0.407 e. The standard InChI is InChI=1S/C22H25N3O4S2/c1-13-24-17-8-6-14(28-5)10-16(17)20(25-13)30-12-18(26)19-9-7-15(31-19)11-23-21(27)29-22(2,3)4/h6-10H,11-12H2,1-5H3,(H,23,27). The molecule has 1 N–H and O–H groups in total. The molecule has 0 aliphatic rings. The molecule has 2 aromatic heterocycles. The first-order chi connectivity index (χ1) is 14.6. The van der Waals surface area contributed by atoms with Crippen LogP contribution in [0.15, 0.2) is 35.4 Å². The number of hydrogen-bond acceptors (Lipinski definition) is 8. The number of amides is 1. The number of hydrogen-bond donors (Lipinski definition) is 1. The Hall–Kier alpha value is -2.65. The highest BCUT2D eigenvalue weighted by Crippen LogP contribution is 2.29. The van der Waals surface area contributed by atoms with Crippen LogP contribution in [0.25, 0.3) is 10.9 Å². The Bertz CT molecular complexity index is 1110. The van der Waals surface area contributed by atoms with Gasteiger partial charge in [0.15, 0.2) is 5.78 Å². The Morgan fingerprint density at radius 1 is 1.16 bits per heavy atom. The number of Topliss-reactive ketones (excluding diaryl/α,β-unsaturated/α-hetero) is 1. The fourth-order valence-corrected chi connectivity index (χ4v) is 4.64. The molecule has 1 aromatic carbocycles. The van der Waals surface area contributed by atoms with E-state index in [4.69, 9.17) is 9.47 Å². The number of aryl methyl sites for hydroxylation is 1. The van der Waals surface area contributed by atoms with Crippen molar-refractivity contribution in [2.45, 2.75) is 44.9 Å². The molecular formula is C22H25N3O4S2. The summed E-state index contributed by atoms with van der Waals surface area (Å²) in [4.78, 5) is 35.0. The normalized spacial score (nSPS) is 11.4. The predicted molar refractivity (Wildman–Crippen MR) is 123 cm³/mol. The lowest BCUT2D eigenvalue weighted by molar-refractivity contribution is 0.0524. The molecule has 1 amide bonds. The van der Waals surface area contributed by atoms with Crippen LogP contribution in [0.4, 0.5) is 4.79 Å². The summed E-state index contributed by atoms with van der Waals surface area (Å²) in [5.74, 6) is 1.63. The van der Waals surface area contributed by atoms with Crippen LogP contribution in [0.3, 0.4) is 0 Å². The molecule has 0 bridgehead atoms. The van der Waals surface area contributed by atoms with Crippen molar-refractivity contribution in [1.29, 1.82) is 0 Å². The van der Waals surface area contributed by atoms with Crippen molar-refractivity contribution >= 4 is 45.9 Å². The zero-order valence-corrected chi connectivity index (χ0v) is 19.8. The predicted octanol–water partition coefficient (Wildman–Crippen LogP) is 5.01. The van der Waals surface area contributed by atoms with Crippen LogP contribution in [-0.4, -0.2) is 40.3 Å². The van der Waals surface area contributed by atoms with Gasteiger partial charge < -0.3 is 14.8 Å². The van der Waals surface area contributed by atoms with Crippen molar-refractivity contribution < 1.29 is 19.1 Å². The molecule has 0 saturated heterocycles. The van der Waals surface area contributed by atoms with E-state index in [0.29, 0.717) is 23.0 Å². The molecular weight excluding hydrogens is 434 g/mol. The van der Waals surface area contributed by atoms with Crippen LogP contribution in [0.2, 0.25) is 0 Å². The van der Waals surface area contributed by atoms with Gasteiger partial charge in [-0.3, -0.25) is 4.79 Å². The van der Waals surface area contributed by atoms with E-state index < -0.39 is 11.7 Å². The van der Waals surface area contributed by atoms with E-state index >= 15 is 0 Å². The van der Waals surface area contributed by atoms with Gasteiger partial charge >= 0.3 is 6.09 Å². The first-order valence-corrected chi connectivity index (χ1v) is 11.5. The van der Waals surface area contributed by atoms with Crippen molar-refractivity contribution in [3.8, 4) is 5.75 Å². The number of nitrogens with zero attached hydrogens (tertiary/aromatic N) is 2. The third kappa shape index (κ3) is 6.41. The van der Waals surface area contributed by atoms with Crippen LogP contribution < -0.4 is 10.1 Å². The van der Waals surface area contributed by atoms with E-state index in [0.717, 1.165) is 20.8 Å². The second-order valence-corrected chi connectivity index (χ2v) is 9.92. The third-order valence-corrected chi connectivity index (χ3v) is 6.18.